The van der Waals surface area contributed by atoms with Crippen molar-refractivity contribution in [3.63, 3.8) is 0 Å². The SMILES string of the molecule is CN(Cc1ccc(F)c(F)c1)C(=O)C(F)(F)C(F)F. The summed E-state index contributed by atoms with van der Waals surface area (Å²) in [6.45, 7) is -0.543. The molecular formula is C11H9F6NO. The van der Waals surface area contributed by atoms with Gasteiger partial charge in [-0.3, -0.25) is 4.79 Å². The molecule has 1 rings (SSSR count). The van der Waals surface area contributed by atoms with Crippen LogP contribution in [0.4, 0.5) is 26.3 Å². The summed E-state index contributed by atoms with van der Waals surface area (Å²) in [4.78, 5) is 11.4. The number of hydrogen-bond donors (Lipinski definition) is 0. The fraction of sp³-hybridized carbons (Fsp3) is 0.364. The van der Waals surface area contributed by atoms with E-state index in [0.717, 1.165) is 19.2 Å². The zero-order chi connectivity index (χ0) is 14.8. The molecule has 1 amide bonds. The van der Waals surface area contributed by atoms with Gasteiger partial charge in [-0.15, -0.1) is 0 Å². The maximum atomic E-state index is 12.8. The number of alkyl halides is 4. The molecule has 8 heteroatoms. The summed E-state index contributed by atoms with van der Waals surface area (Å²) in [7, 11) is 0.861. The van der Waals surface area contributed by atoms with Gasteiger partial charge in [0.15, 0.2) is 11.6 Å². The van der Waals surface area contributed by atoms with Crippen LogP contribution in [0.3, 0.4) is 0 Å². The van der Waals surface area contributed by atoms with E-state index in [0.29, 0.717) is 11.0 Å². The lowest BCUT2D eigenvalue weighted by molar-refractivity contribution is -0.179. The molecule has 0 bridgehead atoms. The Morgan fingerprint density at radius 3 is 2.32 bits per heavy atom. The Balaban J connectivity index is 2.82. The molecule has 19 heavy (non-hydrogen) atoms. The van der Waals surface area contributed by atoms with Crippen molar-refractivity contribution in [3.05, 3.63) is 35.4 Å². The molecule has 2 nitrogen and oxygen atoms in total. The first-order chi connectivity index (χ1) is 8.66. The van der Waals surface area contributed by atoms with E-state index in [2.05, 4.69) is 0 Å². The van der Waals surface area contributed by atoms with E-state index < -0.39 is 36.4 Å². The third kappa shape index (κ3) is 3.39. The molecule has 0 radical (unpaired) electrons. The molecule has 1 aromatic carbocycles. The number of carbonyl (C=O) groups is 1. The molecule has 0 aromatic heterocycles. The van der Waals surface area contributed by atoms with Crippen LogP contribution in [0.1, 0.15) is 5.56 Å². The fourth-order valence-electron chi connectivity index (χ4n) is 1.33. The van der Waals surface area contributed by atoms with Crippen LogP contribution in [-0.4, -0.2) is 30.2 Å². The maximum Gasteiger partial charge on any atom is 0.383 e. The van der Waals surface area contributed by atoms with Gasteiger partial charge in [-0.2, -0.15) is 8.78 Å². The number of nitrogens with zero attached hydrogens (tertiary/aromatic N) is 1. The van der Waals surface area contributed by atoms with E-state index in [-0.39, 0.29) is 5.56 Å². The van der Waals surface area contributed by atoms with Gasteiger partial charge in [-0.25, -0.2) is 17.6 Å². The van der Waals surface area contributed by atoms with Gasteiger partial charge in [-0.05, 0) is 17.7 Å². The molecule has 0 saturated heterocycles. The lowest BCUT2D eigenvalue weighted by Gasteiger charge is -2.22. The topological polar surface area (TPSA) is 20.3 Å². The molecule has 0 saturated carbocycles. The largest absolute Gasteiger partial charge is 0.383 e. The summed E-state index contributed by atoms with van der Waals surface area (Å²) in [5, 5.41) is 0. The molecule has 0 N–H and O–H groups in total. The molecule has 0 aliphatic heterocycles. The highest BCUT2D eigenvalue weighted by atomic mass is 19.3. The van der Waals surface area contributed by atoms with E-state index in [1.54, 1.807) is 0 Å². The normalized spacial score (nSPS) is 11.8. The van der Waals surface area contributed by atoms with Gasteiger partial charge in [0.2, 0.25) is 0 Å². The summed E-state index contributed by atoms with van der Waals surface area (Å²) in [5.74, 6) is -9.27. The van der Waals surface area contributed by atoms with Crippen LogP contribution < -0.4 is 0 Å². The van der Waals surface area contributed by atoms with Crippen molar-refractivity contribution in [2.24, 2.45) is 0 Å². The van der Waals surface area contributed by atoms with E-state index in [1.807, 2.05) is 0 Å². The summed E-state index contributed by atoms with van der Waals surface area (Å²) in [5.41, 5.74) is -0.000170. The third-order valence-electron chi connectivity index (χ3n) is 2.31. The average Bonchev–Trinajstić information content (AvgIpc) is 2.32. The lowest BCUT2D eigenvalue weighted by Crippen LogP contribution is -2.45. The van der Waals surface area contributed by atoms with Crippen molar-refractivity contribution in [1.82, 2.24) is 4.90 Å². The molecule has 0 unspecified atom stereocenters. The number of benzene rings is 1. The zero-order valence-electron chi connectivity index (χ0n) is 9.64. The molecule has 0 aliphatic rings. The van der Waals surface area contributed by atoms with Gasteiger partial charge in [0.05, 0.1) is 0 Å². The number of rotatable bonds is 4. The first-order valence-electron chi connectivity index (χ1n) is 5.01. The molecule has 106 valence electrons. The van der Waals surface area contributed by atoms with Crippen LogP contribution in [0.25, 0.3) is 0 Å². The standard InChI is InChI=1S/C11H9F6NO/c1-18(10(19)11(16,17)9(14)15)5-6-2-3-7(12)8(13)4-6/h2-4,9H,5H2,1H3. The van der Waals surface area contributed by atoms with E-state index in [1.165, 1.54) is 0 Å². The van der Waals surface area contributed by atoms with Gasteiger partial charge in [0, 0.05) is 13.6 Å². The highest BCUT2D eigenvalue weighted by Crippen LogP contribution is 2.25. The number of halogens is 6. The zero-order valence-corrected chi connectivity index (χ0v) is 9.64. The summed E-state index contributed by atoms with van der Waals surface area (Å²) in [6.07, 6.45) is -4.13. The average molecular weight is 285 g/mol. The van der Waals surface area contributed by atoms with Crippen molar-refractivity contribution in [2.45, 2.75) is 18.9 Å². The quantitative estimate of drug-likeness (QED) is 0.779. The second-order valence-corrected chi connectivity index (χ2v) is 3.83. The van der Waals surface area contributed by atoms with Gasteiger partial charge in [0.25, 0.3) is 5.91 Å². The van der Waals surface area contributed by atoms with Crippen molar-refractivity contribution in [2.75, 3.05) is 7.05 Å². The molecule has 1 aromatic rings. The number of hydrogen-bond acceptors (Lipinski definition) is 1. The van der Waals surface area contributed by atoms with Crippen LogP contribution in [0, 0.1) is 11.6 Å². The lowest BCUT2D eigenvalue weighted by atomic mass is 10.2. The Bertz CT molecular complexity index is 476. The van der Waals surface area contributed by atoms with Crippen LogP contribution in [-0.2, 0) is 11.3 Å². The second-order valence-electron chi connectivity index (χ2n) is 3.83. The summed E-state index contributed by atoms with van der Waals surface area (Å²) in [6, 6.07) is 2.50. The van der Waals surface area contributed by atoms with Crippen molar-refractivity contribution >= 4 is 5.91 Å². The van der Waals surface area contributed by atoms with Gasteiger partial charge < -0.3 is 4.90 Å². The minimum absolute atomic E-state index is 0.000170. The fourth-order valence-corrected chi connectivity index (χ4v) is 1.33. The molecule has 0 spiro atoms. The van der Waals surface area contributed by atoms with Gasteiger partial charge in [-0.1, -0.05) is 6.07 Å². The Morgan fingerprint density at radius 2 is 1.84 bits per heavy atom. The van der Waals surface area contributed by atoms with Crippen molar-refractivity contribution in [3.8, 4) is 0 Å². The second kappa shape index (κ2) is 5.50. The van der Waals surface area contributed by atoms with Crippen LogP contribution in [0.5, 0.6) is 0 Å². The summed E-state index contributed by atoms with van der Waals surface area (Å²) >= 11 is 0. The van der Waals surface area contributed by atoms with E-state index in [4.69, 9.17) is 0 Å². The Hall–Kier alpha value is -1.73. The minimum atomic E-state index is -4.81. The predicted octanol–water partition coefficient (Wildman–Crippen LogP) is 2.82. The molecule has 0 fully saturated rings. The number of amides is 1. The van der Waals surface area contributed by atoms with Crippen LogP contribution >= 0.6 is 0 Å². The Morgan fingerprint density at radius 1 is 1.26 bits per heavy atom. The first-order valence-corrected chi connectivity index (χ1v) is 5.01. The van der Waals surface area contributed by atoms with Gasteiger partial charge >= 0.3 is 12.3 Å². The third-order valence-corrected chi connectivity index (χ3v) is 2.31. The number of carbonyl (C=O) groups excluding carboxylic acids is 1. The molecule has 0 aliphatic carbocycles. The summed E-state index contributed by atoms with van der Waals surface area (Å²) < 4.78 is 74.9. The maximum absolute atomic E-state index is 12.8. The highest BCUT2D eigenvalue weighted by molar-refractivity contribution is 5.83. The highest BCUT2D eigenvalue weighted by Gasteiger charge is 2.50. The van der Waals surface area contributed by atoms with Crippen LogP contribution in [0.15, 0.2) is 18.2 Å². The van der Waals surface area contributed by atoms with E-state index >= 15 is 0 Å². The smallest absolute Gasteiger partial charge is 0.336 e. The van der Waals surface area contributed by atoms with E-state index in [9.17, 15) is 31.1 Å². The molecular weight excluding hydrogens is 276 g/mol. The molecule has 0 atom stereocenters. The predicted molar refractivity (Wildman–Crippen MR) is 53.8 cm³/mol. The Labute approximate surface area is 104 Å². The van der Waals surface area contributed by atoms with Crippen molar-refractivity contribution < 1.29 is 31.1 Å². The first kappa shape index (κ1) is 15.3. The van der Waals surface area contributed by atoms with Crippen molar-refractivity contribution in [1.29, 1.82) is 0 Å². The Kier molecular flexibility index (Phi) is 4.43. The monoisotopic (exact) mass is 285 g/mol. The molecule has 0 heterocycles. The minimum Gasteiger partial charge on any atom is -0.336 e. The van der Waals surface area contributed by atoms with Gasteiger partial charge in [0.1, 0.15) is 0 Å². The van der Waals surface area contributed by atoms with Crippen LogP contribution in [0.2, 0.25) is 0 Å².